The molecule has 3 N–H and O–H groups in total. The van der Waals surface area contributed by atoms with Crippen LogP contribution >= 0.6 is 11.8 Å². The number of hydrogen-bond donors (Lipinski definition) is 3. The molecule has 0 aliphatic rings. The predicted molar refractivity (Wildman–Crippen MR) is 157 cm³/mol. The Kier molecular flexibility index (Phi) is 12.1. The van der Waals surface area contributed by atoms with Crippen molar-refractivity contribution in [3.63, 3.8) is 0 Å². The normalized spacial score (nSPS) is 12.4. The second-order valence-electron chi connectivity index (χ2n) is 10.1. The monoisotopic (exact) mass is 596 g/mol. The van der Waals surface area contributed by atoms with Crippen molar-refractivity contribution in [1.29, 1.82) is 0 Å². The minimum Gasteiger partial charge on any atom is -0.496 e. The van der Waals surface area contributed by atoms with E-state index in [1.165, 1.54) is 18.9 Å². The number of methoxy groups -OCH3 is 1. The topological polar surface area (TPSA) is 161 Å². The highest BCUT2D eigenvalue weighted by atomic mass is 32.2. The van der Waals surface area contributed by atoms with E-state index in [9.17, 15) is 24.3 Å². The van der Waals surface area contributed by atoms with Crippen molar-refractivity contribution >= 4 is 35.3 Å². The van der Waals surface area contributed by atoms with Crippen LogP contribution in [0.5, 0.6) is 5.75 Å². The lowest BCUT2D eigenvalue weighted by Crippen LogP contribution is -2.54. The molecule has 12 heteroatoms. The first kappa shape index (κ1) is 32.3. The molecular weight excluding hydrogens is 560 g/mol. The molecule has 1 aromatic heterocycles. The number of thioether (sulfide) groups is 1. The van der Waals surface area contributed by atoms with E-state index in [0.717, 1.165) is 11.1 Å². The minimum absolute atomic E-state index is 0.0329. The van der Waals surface area contributed by atoms with Crippen molar-refractivity contribution in [3.05, 3.63) is 76.9 Å². The van der Waals surface area contributed by atoms with Gasteiger partial charge in [-0.05, 0) is 30.0 Å². The second kappa shape index (κ2) is 15.7. The van der Waals surface area contributed by atoms with E-state index in [2.05, 4.69) is 20.8 Å². The van der Waals surface area contributed by atoms with Crippen LogP contribution in [0.1, 0.15) is 48.7 Å². The highest BCUT2D eigenvalue weighted by Gasteiger charge is 2.30. The van der Waals surface area contributed by atoms with E-state index >= 15 is 0 Å². The third-order valence-corrected chi connectivity index (χ3v) is 7.35. The maximum absolute atomic E-state index is 13.2. The van der Waals surface area contributed by atoms with Gasteiger partial charge in [0.1, 0.15) is 11.8 Å². The molecule has 0 aliphatic carbocycles. The first-order chi connectivity index (χ1) is 20.0. The van der Waals surface area contributed by atoms with Gasteiger partial charge in [-0.25, -0.2) is 0 Å². The lowest BCUT2D eigenvalue weighted by atomic mass is 10.0. The molecule has 2 aromatic carbocycles. The molecule has 0 spiro atoms. The number of hydrogen-bond acceptors (Lipinski definition) is 9. The van der Waals surface area contributed by atoms with Crippen LogP contribution in [0.4, 0.5) is 0 Å². The average Bonchev–Trinajstić information content (AvgIpc) is 3.35. The standard InChI is InChI=1S/C30H36N4O7S/c1-18(2)29(30(39)32-23(15-28(37)38)24(35)17-42-16-20-8-6-5-7-9-20)33-26(36)14-22-12-21(10-11-25(22)40-4)13-27-31-19(3)34-41-27/h5-12,18,23,29H,13-17H2,1-4H3,(H,32,39)(H,33,36)(H,37,38)/t23-,29-/m0/s1. The lowest BCUT2D eigenvalue weighted by molar-refractivity contribution is -0.140. The first-order valence-electron chi connectivity index (χ1n) is 13.5. The molecule has 0 fully saturated rings. The first-order valence-corrected chi connectivity index (χ1v) is 14.6. The number of aliphatic carboxylic acids is 1. The van der Waals surface area contributed by atoms with E-state index < -0.39 is 42.1 Å². The van der Waals surface area contributed by atoms with Gasteiger partial charge in [-0.15, -0.1) is 11.8 Å². The average molecular weight is 597 g/mol. The van der Waals surface area contributed by atoms with Gasteiger partial charge < -0.3 is 25.0 Å². The summed E-state index contributed by atoms with van der Waals surface area (Å²) in [6.07, 6.45) is -0.262. The van der Waals surface area contributed by atoms with Gasteiger partial charge in [0.2, 0.25) is 17.7 Å². The SMILES string of the molecule is COc1ccc(Cc2nc(C)no2)cc1CC(=O)N[C@H](C(=O)N[C@@H](CC(=O)O)C(=O)CSCc1ccccc1)C(C)C. The summed E-state index contributed by atoms with van der Waals surface area (Å²) in [5.41, 5.74) is 2.46. The maximum Gasteiger partial charge on any atom is 0.305 e. The summed E-state index contributed by atoms with van der Waals surface area (Å²) in [7, 11) is 1.50. The van der Waals surface area contributed by atoms with Gasteiger partial charge in [0.15, 0.2) is 11.6 Å². The molecule has 1 heterocycles. The summed E-state index contributed by atoms with van der Waals surface area (Å²) >= 11 is 1.34. The number of carbonyl (C=O) groups excluding carboxylic acids is 3. The molecule has 2 atom stereocenters. The zero-order valence-corrected chi connectivity index (χ0v) is 24.9. The molecule has 0 saturated carbocycles. The number of amides is 2. The van der Waals surface area contributed by atoms with E-state index in [-0.39, 0.29) is 18.1 Å². The molecule has 3 rings (SSSR count). The van der Waals surface area contributed by atoms with Crippen LogP contribution < -0.4 is 15.4 Å². The quantitative estimate of drug-likeness (QED) is 0.224. The third kappa shape index (κ3) is 10.0. The van der Waals surface area contributed by atoms with Crippen molar-refractivity contribution in [2.24, 2.45) is 5.92 Å². The molecule has 0 saturated heterocycles. The molecule has 0 unspecified atom stereocenters. The van der Waals surface area contributed by atoms with Crippen LogP contribution in [0.15, 0.2) is 53.1 Å². The number of Topliss-reactive ketones (excluding diaryl/α,β-unsaturated/α-hetero) is 1. The number of nitrogens with one attached hydrogen (secondary N) is 2. The van der Waals surface area contributed by atoms with Crippen molar-refractivity contribution in [3.8, 4) is 5.75 Å². The van der Waals surface area contributed by atoms with Gasteiger partial charge in [-0.1, -0.05) is 61.5 Å². The van der Waals surface area contributed by atoms with Crippen LogP contribution in [-0.4, -0.2) is 63.8 Å². The summed E-state index contributed by atoms with van der Waals surface area (Å²) in [5, 5.41) is 18.5. The number of nitrogens with zero attached hydrogens (tertiary/aromatic N) is 2. The zero-order valence-electron chi connectivity index (χ0n) is 24.1. The Hall–Kier alpha value is -4.19. The number of carboxylic acid groups (broad SMARTS) is 1. The van der Waals surface area contributed by atoms with E-state index in [1.54, 1.807) is 32.9 Å². The number of carboxylic acids is 1. The molecule has 0 bridgehead atoms. The molecule has 0 radical (unpaired) electrons. The number of carbonyl (C=O) groups is 4. The molecule has 42 heavy (non-hydrogen) atoms. The Balaban J connectivity index is 1.64. The fourth-order valence-electron chi connectivity index (χ4n) is 4.22. The summed E-state index contributed by atoms with van der Waals surface area (Å²) in [6, 6.07) is 12.7. The van der Waals surface area contributed by atoms with Crippen LogP contribution in [0.2, 0.25) is 0 Å². The molecule has 0 aliphatic heterocycles. The number of ketones is 1. The fourth-order valence-corrected chi connectivity index (χ4v) is 5.16. The Morgan fingerprint density at radius 3 is 2.40 bits per heavy atom. The van der Waals surface area contributed by atoms with Gasteiger partial charge in [-0.2, -0.15) is 4.98 Å². The van der Waals surface area contributed by atoms with Gasteiger partial charge >= 0.3 is 5.97 Å². The minimum atomic E-state index is -1.22. The highest BCUT2D eigenvalue weighted by Crippen LogP contribution is 2.22. The summed E-state index contributed by atoms with van der Waals surface area (Å²) in [5.74, 6) is -0.950. The fraction of sp³-hybridized carbons (Fsp3) is 0.400. The lowest BCUT2D eigenvalue weighted by Gasteiger charge is -2.25. The number of aromatic nitrogens is 2. The highest BCUT2D eigenvalue weighted by molar-refractivity contribution is 7.99. The molecule has 3 aromatic rings. The number of ether oxygens (including phenoxy) is 1. The van der Waals surface area contributed by atoms with Crippen molar-refractivity contribution in [2.75, 3.05) is 12.9 Å². The Morgan fingerprint density at radius 2 is 1.79 bits per heavy atom. The smallest absolute Gasteiger partial charge is 0.305 e. The molecule has 224 valence electrons. The largest absolute Gasteiger partial charge is 0.496 e. The van der Waals surface area contributed by atoms with Crippen molar-refractivity contribution in [2.45, 2.75) is 57.9 Å². The predicted octanol–water partition coefficient (Wildman–Crippen LogP) is 3.12. The van der Waals surface area contributed by atoms with E-state index in [1.807, 2.05) is 36.4 Å². The van der Waals surface area contributed by atoms with Crippen LogP contribution in [0.3, 0.4) is 0 Å². The van der Waals surface area contributed by atoms with Gasteiger partial charge in [0, 0.05) is 11.3 Å². The number of benzene rings is 2. The third-order valence-electron chi connectivity index (χ3n) is 6.33. The Labute approximate surface area is 248 Å². The van der Waals surface area contributed by atoms with Crippen molar-refractivity contribution < 1.29 is 33.5 Å². The molecular formula is C30H36N4O7S. The van der Waals surface area contributed by atoms with Gasteiger partial charge in [-0.3, -0.25) is 19.2 Å². The Bertz CT molecular complexity index is 1380. The summed E-state index contributed by atoms with van der Waals surface area (Å²) < 4.78 is 10.6. The summed E-state index contributed by atoms with van der Waals surface area (Å²) in [4.78, 5) is 54.9. The number of aryl methyl sites for hydroxylation is 1. The molecule has 11 nitrogen and oxygen atoms in total. The van der Waals surface area contributed by atoms with E-state index in [0.29, 0.717) is 35.2 Å². The zero-order chi connectivity index (χ0) is 30.6. The molecule has 2 amide bonds. The maximum atomic E-state index is 13.2. The Morgan fingerprint density at radius 1 is 1.05 bits per heavy atom. The van der Waals surface area contributed by atoms with Gasteiger partial charge in [0.25, 0.3) is 0 Å². The van der Waals surface area contributed by atoms with Crippen LogP contribution in [0, 0.1) is 12.8 Å². The summed E-state index contributed by atoms with van der Waals surface area (Å²) in [6.45, 7) is 5.23. The van der Waals surface area contributed by atoms with Crippen molar-refractivity contribution in [1.82, 2.24) is 20.8 Å². The van der Waals surface area contributed by atoms with Crippen LogP contribution in [0.25, 0.3) is 0 Å². The van der Waals surface area contributed by atoms with Crippen LogP contribution in [-0.2, 0) is 37.8 Å². The van der Waals surface area contributed by atoms with Gasteiger partial charge in [0.05, 0.1) is 38.2 Å². The van der Waals surface area contributed by atoms with E-state index in [4.69, 9.17) is 9.26 Å². The second-order valence-corrected chi connectivity index (χ2v) is 11.1. The number of rotatable bonds is 16.